The Hall–Kier alpha value is -3.64. The Kier molecular flexibility index (Phi) is 8.06. The molecule has 1 N–H and O–H groups in total. The molecule has 0 aromatic heterocycles. The monoisotopic (exact) mass is 489 g/mol. The minimum absolute atomic E-state index is 0.0725. The normalized spacial score (nSPS) is 15.4. The molecule has 0 bridgehead atoms. The summed E-state index contributed by atoms with van der Waals surface area (Å²) in [5, 5.41) is 11.1. The Labute approximate surface area is 211 Å². The first-order chi connectivity index (χ1) is 17.4. The molecule has 1 amide bonds. The summed E-state index contributed by atoms with van der Waals surface area (Å²) < 4.78 is 23.8. The minimum atomic E-state index is -1.05. The van der Waals surface area contributed by atoms with Crippen LogP contribution in [0.3, 0.4) is 0 Å². The first-order valence-corrected chi connectivity index (χ1v) is 12.2. The van der Waals surface area contributed by atoms with Crippen LogP contribution in [0.5, 0.6) is 11.5 Å². The van der Waals surface area contributed by atoms with Gasteiger partial charge < -0.3 is 19.5 Å². The van der Waals surface area contributed by atoms with Crippen LogP contribution in [-0.2, 0) is 16.8 Å². The summed E-state index contributed by atoms with van der Waals surface area (Å²) in [4.78, 5) is 15.0. The van der Waals surface area contributed by atoms with Gasteiger partial charge in [-0.25, -0.2) is 4.39 Å². The van der Waals surface area contributed by atoms with Gasteiger partial charge >= 0.3 is 0 Å². The molecule has 0 unspecified atom stereocenters. The summed E-state index contributed by atoms with van der Waals surface area (Å²) in [6.45, 7) is 0.856. The summed E-state index contributed by atoms with van der Waals surface area (Å²) in [6, 6.07) is 21.6. The van der Waals surface area contributed by atoms with Crippen molar-refractivity contribution in [3.05, 3.63) is 101 Å². The molecule has 36 heavy (non-hydrogen) atoms. The van der Waals surface area contributed by atoms with E-state index in [2.05, 4.69) is 0 Å². The molecule has 1 saturated heterocycles. The third kappa shape index (κ3) is 6.13. The number of aliphatic hydroxyl groups is 1. The van der Waals surface area contributed by atoms with Gasteiger partial charge in [0.05, 0.1) is 19.8 Å². The fraction of sp³-hybridized carbons (Fsp3) is 0.300. The van der Waals surface area contributed by atoms with Crippen LogP contribution in [0.1, 0.15) is 36.0 Å². The summed E-state index contributed by atoms with van der Waals surface area (Å²) in [6.07, 6.45) is 3.99. The summed E-state index contributed by atoms with van der Waals surface area (Å²) in [5.74, 6) is 1.17. The van der Waals surface area contributed by atoms with Crippen molar-refractivity contribution in [2.45, 2.75) is 31.3 Å². The number of benzene rings is 3. The molecule has 3 aromatic rings. The number of aryl methyl sites for hydroxylation is 1. The van der Waals surface area contributed by atoms with Crippen LogP contribution in [0.15, 0.2) is 78.9 Å². The highest BCUT2D eigenvalue weighted by atomic mass is 19.1. The lowest BCUT2D eigenvalue weighted by atomic mass is 9.84. The third-order valence-corrected chi connectivity index (χ3v) is 6.88. The van der Waals surface area contributed by atoms with Crippen molar-refractivity contribution in [2.24, 2.45) is 0 Å². The zero-order valence-corrected chi connectivity index (χ0v) is 20.7. The maximum absolute atomic E-state index is 13.3. The van der Waals surface area contributed by atoms with Gasteiger partial charge in [-0.1, -0.05) is 36.4 Å². The van der Waals surface area contributed by atoms with Gasteiger partial charge in [0.25, 0.3) is 0 Å². The highest BCUT2D eigenvalue weighted by Crippen LogP contribution is 2.33. The minimum Gasteiger partial charge on any atom is -0.497 e. The molecule has 1 aliphatic rings. The molecule has 4 rings (SSSR count). The fourth-order valence-corrected chi connectivity index (χ4v) is 4.56. The molecule has 1 fully saturated rings. The molecule has 0 saturated carbocycles. The zero-order chi connectivity index (χ0) is 25.5. The Morgan fingerprint density at radius 1 is 0.917 bits per heavy atom. The molecular weight excluding hydrogens is 457 g/mol. The molecule has 5 nitrogen and oxygen atoms in total. The lowest BCUT2D eigenvalue weighted by Crippen LogP contribution is -2.44. The molecule has 6 heteroatoms. The summed E-state index contributed by atoms with van der Waals surface area (Å²) >= 11 is 0. The van der Waals surface area contributed by atoms with E-state index in [9.17, 15) is 14.3 Å². The first kappa shape index (κ1) is 25.5. The Balaban J connectivity index is 1.48. The number of amides is 1. The summed E-state index contributed by atoms with van der Waals surface area (Å²) in [5.41, 5.74) is 2.70. The van der Waals surface area contributed by atoms with E-state index < -0.39 is 5.60 Å². The van der Waals surface area contributed by atoms with Crippen LogP contribution >= 0.6 is 0 Å². The number of ether oxygens (including phenoxy) is 2. The van der Waals surface area contributed by atoms with Crippen LogP contribution in [0, 0.1) is 5.82 Å². The van der Waals surface area contributed by atoms with Crippen LogP contribution < -0.4 is 9.47 Å². The number of allylic oxidation sites excluding steroid dienone is 1. The molecule has 3 aromatic carbocycles. The van der Waals surface area contributed by atoms with E-state index in [4.69, 9.17) is 9.47 Å². The van der Waals surface area contributed by atoms with Crippen LogP contribution in [0.4, 0.5) is 4.39 Å². The molecule has 188 valence electrons. The fourth-order valence-electron chi connectivity index (χ4n) is 4.56. The number of nitrogens with zero attached hydrogens (tertiary/aromatic N) is 1. The second kappa shape index (κ2) is 11.4. The number of hydrogen-bond acceptors (Lipinski definition) is 4. The van der Waals surface area contributed by atoms with E-state index in [1.165, 1.54) is 12.1 Å². The Morgan fingerprint density at radius 2 is 1.47 bits per heavy atom. The molecule has 0 radical (unpaired) electrons. The van der Waals surface area contributed by atoms with Gasteiger partial charge in [-0.2, -0.15) is 0 Å². The highest BCUT2D eigenvalue weighted by Gasteiger charge is 2.35. The number of hydrogen-bond donors (Lipinski definition) is 1. The number of piperidine rings is 1. The van der Waals surface area contributed by atoms with Crippen molar-refractivity contribution in [1.82, 2.24) is 4.90 Å². The highest BCUT2D eigenvalue weighted by molar-refractivity contribution is 5.95. The SMILES string of the molecule is COc1ccc(CC/C(=C/C(=O)N2CCC(O)(c3ccc(F)cc3)CC2)c2ccc(OC)cc2)cc1. The third-order valence-electron chi connectivity index (χ3n) is 6.88. The van der Waals surface area contributed by atoms with E-state index in [1.54, 1.807) is 37.3 Å². The predicted octanol–water partition coefficient (Wildman–Crippen LogP) is 5.37. The van der Waals surface area contributed by atoms with Crippen LogP contribution in [0.25, 0.3) is 5.57 Å². The topological polar surface area (TPSA) is 59.0 Å². The van der Waals surface area contributed by atoms with Gasteiger partial charge in [0.2, 0.25) is 5.91 Å². The lowest BCUT2D eigenvalue weighted by Gasteiger charge is -2.38. The molecule has 0 atom stereocenters. The average Bonchev–Trinajstić information content (AvgIpc) is 2.92. The van der Waals surface area contributed by atoms with Crippen molar-refractivity contribution < 1.29 is 23.8 Å². The van der Waals surface area contributed by atoms with Crippen LogP contribution in [0.2, 0.25) is 0 Å². The van der Waals surface area contributed by atoms with Gasteiger partial charge in [-0.15, -0.1) is 0 Å². The van der Waals surface area contributed by atoms with Gasteiger partial charge in [0.15, 0.2) is 0 Å². The second-order valence-corrected chi connectivity index (χ2v) is 9.11. The number of methoxy groups -OCH3 is 2. The van der Waals surface area contributed by atoms with E-state index in [0.29, 0.717) is 37.9 Å². The van der Waals surface area contributed by atoms with Crippen molar-refractivity contribution in [3.8, 4) is 11.5 Å². The van der Waals surface area contributed by atoms with Crippen molar-refractivity contribution >= 4 is 11.5 Å². The van der Waals surface area contributed by atoms with Crippen molar-refractivity contribution in [3.63, 3.8) is 0 Å². The van der Waals surface area contributed by atoms with Gasteiger partial charge in [-0.05, 0) is 84.3 Å². The molecule has 0 spiro atoms. The van der Waals surface area contributed by atoms with E-state index in [0.717, 1.165) is 34.6 Å². The number of carbonyl (C=O) groups is 1. The lowest BCUT2D eigenvalue weighted by molar-refractivity contribution is -0.130. The quantitative estimate of drug-likeness (QED) is 0.432. The number of likely N-dealkylation sites (tertiary alicyclic amines) is 1. The molecular formula is C30H32FNO4. The smallest absolute Gasteiger partial charge is 0.246 e. The van der Waals surface area contributed by atoms with Gasteiger partial charge in [-0.3, -0.25) is 4.79 Å². The standard InChI is InChI=1S/C30H32FNO4/c1-35-27-13-4-22(5-14-27)3-6-24(23-7-15-28(36-2)16-8-23)21-29(33)32-19-17-30(34,18-20-32)25-9-11-26(31)12-10-25/h4-5,7-16,21,34H,3,6,17-20H2,1-2H3/b24-21-. The van der Waals surface area contributed by atoms with Gasteiger partial charge in [0.1, 0.15) is 17.3 Å². The Morgan fingerprint density at radius 3 is 2.03 bits per heavy atom. The first-order valence-electron chi connectivity index (χ1n) is 12.2. The molecule has 0 aliphatic carbocycles. The van der Waals surface area contributed by atoms with Crippen molar-refractivity contribution in [1.29, 1.82) is 0 Å². The molecule has 1 heterocycles. The van der Waals surface area contributed by atoms with Gasteiger partial charge in [0, 0.05) is 19.2 Å². The maximum Gasteiger partial charge on any atom is 0.246 e. The van der Waals surface area contributed by atoms with Crippen LogP contribution in [-0.4, -0.2) is 43.2 Å². The molecule has 1 aliphatic heterocycles. The zero-order valence-electron chi connectivity index (χ0n) is 20.7. The van der Waals surface area contributed by atoms with E-state index in [1.807, 2.05) is 48.5 Å². The Bertz CT molecular complexity index is 1180. The van der Waals surface area contributed by atoms with E-state index in [-0.39, 0.29) is 11.7 Å². The average molecular weight is 490 g/mol. The predicted molar refractivity (Wildman–Crippen MR) is 138 cm³/mol. The van der Waals surface area contributed by atoms with E-state index >= 15 is 0 Å². The maximum atomic E-state index is 13.3. The summed E-state index contributed by atoms with van der Waals surface area (Å²) in [7, 11) is 3.27. The largest absolute Gasteiger partial charge is 0.497 e. The number of carbonyl (C=O) groups excluding carboxylic acids is 1. The number of rotatable bonds is 8. The van der Waals surface area contributed by atoms with Crippen molar-refractivity contribution in [2.75, 3.05) is 27.3 Å². The number of halogens is 1. The second-order valence-electron chi connectivity index (χ2n) is 9.11.